The zero-order chi connectivity index (χ0) is 18.6. The van der Waals surface area contributed by atoms with Crippen LogP contribution in [0, 0.1) is 5.41 Å². The molecule has 0 bridgehead atoms. The Morgan fingerprint density at radius 1 is 1.28 bits per heavy atom. The summed E-state index contributed by atoms with van der Waals surface area (Å²) in [5.74, 6) is -1.52. The highest BCUT2D eigenvalue weighted by Crippen LogP contribution is 2.07. The maximum Gasteiger partial charge on any atom is 0.333 e. The van der Waals surface area contributed by atoms with Crippen molar-refractivity contribution in [3.05, 3.63) is 52.7 Å². The number of hydrogen-bond donors (Lipinski definition) is 4. The third-order valence-electron chi connectivity index (χ3n) is 3.51. The van der Waals surface area contributed by atoms with Crippen LogP contribution in [0.3, 0.4) is 0 Å². The Bertz CT molecular complexity index is 850. The molecule has 0 saturated heterocycles. The van der Waals surface area contributed by atoms with Crippen LogP contribution in [0.2, 0.25) is 0 Å². The lowest BCUT2D eigenvalue weighted by molar-refractivity contribution is -0.137. The number of carbonyl (C=O) groups is 2. The number of carbonyl (C=O) groups excluding carboxylic acids is 1. The number of amidine groups is 1. The van der Waals surface area contributed by atoms with Crippen LogP contribution in [0.5, 0.6) is 0 Å². The third kappa shape index (κ3) is 4.56. The lowest BCUT2D eigenvalue weighted by atomic mass is 10.2. The molecule has 1 heterocycles. The molecule has 0 aliphatic heterocycles. The average Bonchev–Trinajstić information content (AvgIpc) is 2.87. The van der Waals surface area contributed by atoms with Crippen LogP contribution in [-0.2, 0) is 16.1 Å². The largest absolute Gasteiger partial charge is 0.481 e. The molecule has 2 rings (SSSR count). The molecule has 1 aromatic carbocycles. The second-order valence-corrected chi connectivity index (χ2v) is 5.61. The SMILES string of the molecule is CC(CC(=O)O)NC(=O)Cn1ccn(-c2ccc(C(=N)N)cc2)c1=O. The van der Waals surface area contributed by atoms with Crippen molar-refractivity contribution < 1.29 is 14.7 Å². The number of nitrogens with one attached hydrogen (secondary N) is 2. The van der Waals surface area contributed by atoms with Gasteiger partial charge >= 0.3 is 11.7 Å². The minimum atomic E-state index is -1.01. The molecule has 5 N–H and O–H groups in total. The Balaban J connectivity index is 2.10. The van der Waals surface area contributed by atoms with Crippen molar-refractivity contribution in [1.29, 1.82) is 5.41 Å². The minimum Gasteiger partial charge on any atom is -0.481 e. The molecular formula is C16H19N5O4. The summed E-state index contributed by atoms with van der Waals surface area (Å²) in [5, 5.41) is 18.6. The first kappa shape index (κ1) is 18.0. The van der Waals surface area contributed by atoms with Crippen LogP contribution in [0.25, 0.3) is 5.69 Å². The molecule has 0 aliphatic carbocycles. The fourth-order valence-corrected chi connectivity index (χ4v) is 2.32. The number of nitrogens with two attached hydrogens (primary N) is 1. The van der Waals surface area contributed by atoms with E-state index in [0.717, 1.165) is 0 Å². The first-order valence-corrected chi connectivity index (χ1v) is 7.51. The summed E-state index contributed by atoms with van der Waals surface area (Å²) in [6.07, 6.45) is 2.81. The van der Waals surface area contributed by atoms with Crippen molar-refractivity contribution in [3.8, 4) is 5.69 Å². The van der Waals surface area contributed by atoms with Gasteiger partial charge in [0.1, 0.15) is 12.4 Å². The Hall–Kier alpha value is -3.36. The summed E-state index contributed by atoms with van der Waals surface area (Å²) in [6.45, 7) is 1.37. The van der Waals surface area contributed by atoms with Gasteiger partial charge in [0.2, 0.25) is 5.91 Å². The van der Waals surface area contributed by atoms with E-state index >= 15 is 0 Å². The molecule has 0 spiro atoms. The molecule has 0 radical (unpaired) electrons. The normalized spacial score (nSPS) is 11.7. The molecule has 0 saturated carbocycles. The number of imidazole rings is 1. The van der Waals surface area contributed by atoms with Gasteiger partial charge in [-0.15, -0.1) is 0 Å². The Morgan fingerprint density at radius 3 is 2.48 bits per heavy atom. The number of carboxylic acids is 1. The van der Waals surface area contributed by atoms with Crippen molar-refractivity contribution in [2.75, 3.05) is 0 Å². The van der Waals surface area contributed by atoms with E-state index in [1.807, 2.05) is 0 Å². The van der Waals surface area contributed by atoms with Crippen LogP contribution in [0.4, 0.5) is 0 Å². The number of nitrogens with zero attached hydrogens (tertiary/aromatic N) is 2. The first-order chi connectivity index (χ1) is 11.8. The number of carboxylic acid groups (broad SMARTS) is 1. The van der Waals surface area contributed by atoms with E-state index in [0.29, 0.717) is 11.3 Å². The van der Waals surface area contributed by atoms with Crippen LogP contribution in [0.15, 0.2) is 41.5 Å². The standard InChI is InChI=1S/C16H19N5O4/c1-10(8-14(23)24)19-13(22)9-20-6-7-21(16(20)25)12-4-2-11(3-5-12)15(17)18/h2-7,10H,8-9H2,1H3,(H3,17,18)(H,19,22)(H,23,24). The predicted octanol–water partition coefficient (Wildman–Crippen LogP) is -0.0975. The molecule has 1 atom stereocenters. The van der Waals surface area contributed by atoms with Gasteiger partial charge in [-0.1, -0.05) is 0 Å². The second-order valence-electron chi connectivity index (χ2n) is 5.61. The van der Waals surface area contributed by atoms with Gasteiger partial charge in [-0.2, -0.15) is 0 Å². The van der Waals surface area contributed by atoms with Gasteiger partial charge in [-0.05, 0) is 31.2 Å². The maximum absolute atomic E-state index is 12.4. The van der Waals surface area contributed by atoms with E-state index in [4.69, 9.17) is 16.2 Å². The monoisotopic (exact) mass is 345 g/mol. The Morgan fingerprint density at radius 2 is 1.92 bits per heavy atom. The Labute approximate surface area is 143 Å². The summed E-state index contributed by atoms with van der Waals surface area (Å²) in [7, 11) is 0. The first-order valence-electron chi connectivity index (χ1n) is 7.51. The molecule has 1 unspecified atom stereocenters. The number of rotatable bonds is 7. The zero-order valence-corrected chi connectivity index (χ0v) is 13.6. The van der Waals surface area contributed by atoms with Crippen LogP contribution in [0.1, 0.15) is 18.9 Å². The predicted molar refractivity (Wildman–Crippen MR) is 90.9 cm³/mol. The fraction of sp³-hybridized carbons (Fsp3) is 0.250. The van der Waals surface area contributed by atoms with Gasteiger partial charge in [-0.25, -0.2) is 4.79 Å². The van der Waals surface area contributed by atoms with Gasteiger partial charge in [-0.3, -0.25) is 24.1 Å². The molecule has 2 aromatic rings. The van der Waals surface area contributed by atoms with Crippen molar-refractivity contribution in [1.82, 2.24) is 14.5 Å². The van der Waals surface area contributed by atoms with Gasteiger partial charge in [0.05, 0.1) is 12.1 Å². The zero-order valence-electron chi connectivity index (χ0n) is 13.6. The van der Waals surface area contributed by atoms with Crippen molar-refractivity contribution >= 4 is 17.7 Å². The number of benzene rings is 1. The van der Waals surface area contributed by atoms with E-state index < -0.39 is 23.6 Å². The lowest BCUT2D eigenvalue weighted by Crippen LogP contribution is -2.38. The summed E-state index contributed by atoms with van der Waals surface area (Å²) in [6, 6.07) is 6.03. The van der Waals surface area contributed by atoms with Crippen molar-refractivity contribution in [2.24, 2.45) is 5.73 Å². The number of aromatic nitrogens is 2. The highest BCUT2D eigenvalue weighted by atomic mass is 16.4. The quantitative estimate of drug-likeness (QED) is 0.409. The molecule has 9 heteroatoms. The van der Waals surface area contributed by atoms with Crippen LogP contribution >= 0.6 is 0 Å². The molecule has 1 amide bonds. The van der Waals surface area contributed by atoms with E-state index in [1.165, 1.54) is 21.5 Å². The van der Waals surface area contributed by atoms with E-state index in [2.05, 4.69) is 5.32 Å². The molecule has 0 aliphatic rings. The van der Waals surface area contributed by atoms with E-state index in [-0.39, 0.29) is 18.8 Å². The number of amides is 1. The average molecular weight is 345 g/mol. The molecule has 0 fully saturated rings. The number of nitrogen functional groups attached to an aromatic ring is 1. The molecule has 25 heavy (non-hydrogen) atoms. The Kier molecular flexibility index (Phi) is 5.38. The van der Waals surface area contributed by atoms with E-state index in [9.17, 15) is 14.4 Å². The molecular weight excluding hydrogens is 326 g/mol. The van der Waals surface area contributed by atoms with Gasteiger partial charge in [0.25, 0.3) is 0 Å². The number of hydrogen-bond acceptors (Lipinski definition) is 4. The summed E-state index contributed by atoms with van der Waals surface area (Å²) in [5.41, 5.74) is 6.11. The van der Waals surface area contributed by atoms with Gasteiger partial charge in [0, 0.05) is 24.0 Å². The lowest BCUT2D eigenvalue weighted by Gasteiger charge is -2.11. The van der Waals surface area contributed by atoms with E-state index in [1.54, 1.807) is 31.2 Å². The van der Waals surface area contributed by atoms with Gasteiger partial charge in [0.15, 0.2) is 0 Å². The minimum absolute atomic E-state index is 0.0661. The molecule has 9 nitrogen and oxygen atoms in total. The second kappa shape index (κ2) is 7.47. The van der Waals surface area contributed by atoms with Crippen LogP contribution in [-0.4, -0.2) is 38.0 Å². The van der Waals surface area contributed by atoms with Crippen LogP contribution < -0.4 is 16.7 Å². The maximum atomic E-state index is 12.4. The highest BCUT2D eigenvalue weighted by molar-refractivity contribution is 5.95. The number of aliphatic carboxylic acids is 1. The van der Waals surface area contributed by atoms with Gasteiger partial charge < -0.3 is 16.2 Å². The fourth-order valence-electron chi connectivity index (χ4n) is 2.32. The smallest absolute Gasteiger partial charge is 0.333 e. The topological polar surface area (TPSA) is 143 Å². The van der Waals surface area contributed by atoms with Crippen molar-refractivity contribution in [2.45, 2.75) is 25.9 Å². The van der Waals surface area contributed by atoms with Crippen molar-refractivity contribution in [3.63, 3.8) is 0 Å². The third-order valence-corrected chi connectivity index (χ3v) is 3.51. The molecule has 1 aromatic heterocycles. The highest BCUT2D eigenvalue weighted by Gasteiger charge is 2.13. The summed E-state index contributed by atoms with van der Waals surface area (Å²) >= 11 is 0. The summed E-state index contributed by atoms with van der Waals surface area (Å²) < 4.78 is 2.58. The summed E-state index contributed by atoms with van der Waals surface area (Å²) in [4.78, 5) is 34.9. The molecule has 132 valence electrons.